The van der Waals surface area contributed by atoms with Crippen molar-refractivity contribution in [3.63, 3.8) is 0 Å². The van der Waals surface area contributed by atoms with Gasteiger partial charge in [-0.15, -0.1) is 0 Å². The molecule has 1 saturated carbocycles. The number of likely N-dealkylation sites (N-methyl/N-ethyl adjacent to an activating group) is 1. The van der Waals surface area contributed by atoms with E-state index in [1.165, 1.54) is 18.9 Å². The van der Waals surface area contributed by atoms with Gasteiger partial charge in [0.2, 0.25) is 0 Å². The summed E-state index contributed by atoms with van der Waals surface area (Å²) in [5.74, 6) is 0. The predicted molar refractivity (Wildman–Crippen MR) is 80.1 cm³/mol. The number of nitro benzene ring substituents is 1. The lowest BCUT2D eigenvalue weighted by molar-refractivity contribution is -0.385. The molecule has 0 heterocycles. The minimum Gasteiger partial charge on any atom is -0.311 e. The molecular weight excluding hydrogens is 278 g/mol. The van der Waals surface area contributed by atoms with Crippen LogP contribution in [0.5, 0.6) is 0 Å². The van der Waals surface area contributed by atoms with Gasteiger partial charge in [-0.05, 0) is 25.5 Å². The number of hydrogen-bond acceptors (Lipinski definition) is 4. The van der Waals surface area contributed by atoms with Crippen molar-refractivity contribution < 1.29 is 4.92 Å². The van der Waals surface area contributed by atoms with E-state index in [9.17, 15) is 10.1 Å². The zero-order chi connectivity index (χ0) is 14.5. The van der Waals surface area contributed by atoms with Gasteiger partial charge in [-0.1, -0.05) is 24.6 Å². The minimum absolute atomic E-state index is 0.0829. The van der Waals surface area contributed by atoms with Crippen LogP contribution < -0.4 is 5.32 Å². The number of nitrogens with zero attached hydrogens (tertiary/aromatic N) is 2. The van der Waals surface area contributed by atoms with Gasteiger partial charge in [0.1, 0.15) is 0 Å². The van der Waals surface area contributed by atoms with Gasteiger partial charge in [0, 0.05) is 31.7 Å². The standard InChI is InChI=1S/C14H20ClN3O2/c1-2-17(11-6-7-11)9-8-16-10-12-13(15)4-3-5-14(12)18(19)20/h3-5,11,16H,2,6-10H2,1H3. The van der Waals surface area contributed by atoms with E-state index >= 15 is 0 Å². The van der Waals surface area contributed by atoms with E-state index in [1.54, 1.807) is 12.1 Å². The second kappa shape index (κ2) is 7.02. The summed E-state index contributed by atoms with van der Waals surface area (Å²) in [5.41, 5.74) is 0.646. The van der Waals surface area contributed by atoms with Crippen molar-refractivity contribution in [1.82, 2.24) is 10.2 Å². The van der Waals surface area contributed by atoms with Crippen LogP contribution in [0.3, 0.4) is 0 Å². The van der Waals surface area contributed by atoms with Crippen molar-refractivity contribution in [2.75, 3.05) is 19.6 Å². The zero-order valence-electron chi connectivity index (χ0n) is 11.6. The molecule has 0 amide bonds. The molecule has 0 radical (unpaired) electrons. The molecule has 1 aromatic carbocycles. The minimum atomic E-state index is -0.383. The van der Waals surface area contributed by atoms with Gasteiger partial charge in [-0.25, -0.2) is 0 Å². The smallest absolute Gasteiger partial charge is 0.275 e. The fourth-order valence-electron chi connectivity index (χ4n) is 2.37. The van der Waals surface area contributed by atoms with Crippen LogP contribution in [-0.4, -0.2) is 35.5 Å². The molecule has 5 nitrogen and oxygen atoms in total. The lowest BCUT2D eigenvalue weighted by atomic mass is 10.2. The van der Waals surface area contributed by atoms with Crippen LogP contribution in [0.15, 0.2) is 18.2 Å². The average Bonchev–Trinajstić information content (AvgIpc) is 3.24. The van der Waals surface area contributed by atoms with E-state index < -0.39 is 0 Å². The molecule has 1 fully saturated rings. The van der Waals surface area contributed by atoms with E-state index in [0.717, 1.165) is 25.7 Å². The highest BCUT2D eigenvalue weighted by molar-refractivity contribution is 6.31. The van der Waals surface area contributed by atoms with Crippen molar-refractivity contribution in [1.29, 1.82) is 0 Å². The van der Waals surface area contributed by atoms with E-state index in [0.29, 0.717) is 17.1 Å². The summed E-state index contributed by atoms with van der Waals surface area (Å²) in [4.78, 5) is 13.0. The Hall–Kier alpha value is -1.17. The van der Waals surface area contributed by atoms with E-state index in [4.69, 9.17) is 11.6 Å². The van der Waals surface area contributed by atoms with Crippen LogP contribution in [0.25, 0.3) is 0 Å². The highest BCUT2D eigenvalue weighted by atomic mass is 35.5. The molecule has 1 N–H and O–H groups in total. The highest BCUT2D eigenvalue weighted by Gasteiger charge is 2.27. The first-order chi connectivity index (χ1) is 9.63. The molecule has 0 atom stereocenters. The molecule has 20 heavy (non-hydrogen) atoms. The van der Waals surface area contributed by atoms with Gasteiger partial charge >= 0.3 is 0 Å². The van der Waals surface area contributed by atoms with Gasteiger partial charge < -0.3 is 5.32 Å². The number of nitro groups is 1. The van der Waals surface area contributed by atoms with Crippen molar-refractivity contribution >= 4 is 17.3 Å². The van der Waals surface area contributed by atoms with Gasteiger partial charge in [-0.2, -0.15) is 0 Å². The highest BCUT2D eigenvalue weighted by Crippen LogP contribution is 2.27. The first-order valence-corrected chi connectivity index (χ1v) is 7.37. The van der Waals surface area contributed by atoms with Crippen LogP contribution in [-0.2, 0) is 6.54 Å². The molecule has 1 aliphatic rings. The summed E-state index contributed by atoms with van der Waals surface area (Å²) in [6.07, 6.45) is 2.59. The maximum absolute atomic E-state index is 11.0. The molecule has 0 saturated heterocycles. The zero-order valence-corrected chi connectivity index (χ0v) is 12.4. The average molecular weight is 298 g/mol. The molecule has 0 spiro atoms. The predicted octanol–water partition coefficient (Wildman–Crippen LogP) is 2.82. The van der Waals surface area contributed by atoms with Gasteiger partial charge in [-0.3, -0.25) is 15.0 Å². The van der Waals surface area contributed by atoms with Crippen LogP contribution in [0.1, 0.15) is 25.3 Å². The molecule has 0 bridgehead atoms. The monoisotopic (exact) mass is 297 g/mol. The van der Waals surface area contributed by atoms with Crippen LogP contribution >= 0.6 is 11.6 Å². The van der Waals surface area contributed by atoms with Crippen LogP contribution in [0, 0.1) is 10.1 Å². The number of benzene rings is 1. The first-order valence-electron chi connectivity index (χ1n) is 7.00. The third kappa shape index (κ3) is 3.91. The van der Waals surface area contributed by atoms with Gasteiger partial charge in [0.05, 0.1) is 15.5 Å². The fourth-order valence-corrected chi connectivity index (χ4v) is 2.60. The normalized spacial score (nSPS) is 14.8. The summed E-state index contributed by atoms with van der Waals surface area (Å²) in [7, 11) is 0. The molecule has 1 aromatic rings. The maximum atomic E-state index is 11.0. The molecule has 0 aromatic heterocycles. The number of halogens is 1. The fraction of sp³-hybridized carbons (Fsp3) is 0.571. The molecule has 110 valence electrons. The largest absolute Gasteiger partial charge is 0.311 e. The third-order valence-electron chi connectivity index (χ3n) is 3.64. The summed E-state index contributed by atoms with van der Waals surface area (Å²) in [5, 5.41) is 14.7. The summed E-state index contributed by atoms with van der Waals surface area (Å²) < 4.78 is 0. The Morgan fingerprint density at radius 2 is 2.25 bits per heavy atom. The Balaban J connectivity index is 1.86. The van der Waals surface area contributed by atoms with Crippen molar-refractivity contribution in [3.8, 4) is 0 Å². The summed E-state index contributed by atoms with van der Waals surface area (Å²) in [6.45, 7) is 5.43. The molecule has 0 unspecified atom stereocenters. The number of hydrogen-bond donors (Lipinski definition) is 1. The summed E-state index contributed by atoms with van der Waals surface area (Å²) in [6, 6.07) is 5.53. The van der Waals surface area contributed by atoms with Crippen LogP contribution in [0.4, 0.5) is 5.69 Å². The molecule has 0 aliphatic heterocycles. The first kappa shape index (κ1) is 15.2. The van der Waals surface area contributed by atoms with Gasteiger partial charge in [0.15, 0.2) is 0 Å². The Kier molecular flexibility index (Phi) is 5.34. The lowest BCUT2D eigenvalue weighted by Gasteiger charge is -2.19. The second-order valence-corrected chi connectivity index (χ2v) is 5.44. The number of rotatable bonds is 8. The quantitative estimate of drug-likeness (QED) is 0.455. The van der Waals surface area contributed by atoms with Crippen molar-refractivity contribution in [2.45, 2.75) is 32.4 Å². The molecule has 6 heteroatoms. The maximum Gasteiger partial charge on any atom is 0.275 e. The number of nitrogens with one attached hydrogen (secondary N) is 1. The van der Waals surface area contributed by atoms with E-state index in [2.05, 4.69) is 17.1 Å². The summed E-state index contributed by atoms with van der Waals surface area (Å²) >= 11 is 6.05. The third-order valence-corrected chi connectivity index (χ3v) is 3.99. The van der Waals surface area contributed by atoms with Gasteiger partial charge in [0.25, 0.3) is 5.69 Å². The SMILES string of the molecule is CCN(CCNCc1c(Cl)cccc1[N+](=O)[O-])C1CC1. The molecule has 2 rings (SSSR count). The van der Waals surface area contributed by atoms with Crippen LogP contribution in [0.2, 0.25) is 5.02 Å². The molecule has 1 aliphatic carbocycles. The Labute approximate surface area is 124 Å². The molecular formula is C14H20ClN3O2. The van der Waals surface area contributed by atoms with E-state index in [1.807, 2.05) is 0 Å². The Morgan fingerprint density at radius 1 is 1.50 bits per heavy atom. The topological polar surface area (TPSA) is 58.4 Å². The Bertz CT molecular complexity index is 477. The van der Waals surface area contributed by atoms with Crippen molar-refractivity contribution in [3.05, 3.63) is 38.9 Å². The van der Waals surface area contributed by atoms with Crippen molar-refractivity contribution in [2.24, 2.45) is 0 Å². The Morgan fingerprint density at radius 3 is 2.85 bits per heavy atom. The second-order valence-electron chi connectivity index (χ2n) is 5.03. The van der Waals surface area contributed by atoms with E-state index in [-0.39, 0.29) is 10.6 Å². The lowest BCUT2D eigenvalue weighted by Crippen LogP contribution is -2.33.